The standard InChI is InChI=1S/C13H14N4S/c1-8-11(13(14-2)18-16-8)12-15-9-6-4-5-7-10(9)17(12)3/h4-7,14H,1-3H3. The lowest BCUT2D eigenvalue weighted by atomic mass is 10.2. The Bertz CT molecular complexity index is 711. The van der Waals surface area contributed by atoms with Crippen LogP contribution in [0.1, 0.15) is 5.69 Å². The minimum atomic E-state index is 0.965. The summed E-state index contributed by atoms with van der Waals surface area (Å²) >= 11 is 1.48. The van der Waals surface area contributed by atoms with Crippen LogP contribution in [-0.4, -0.2) is 21.0 Å². The average Bonchev–Trinajstić information content (AvgIpc) is 2.91. The molecule has 0 saturated carbocycles. The van der Waals surface area contributed by atoms with E-state index in [1.807, 2.05) is 39.2 Å². The number of imidazole rings is 1. The average molecular weight is 258 g/mol. The fraction of sp³-hybridized carbons (Fsp3) is 0.231. The van der Waals surface area contributed by atoms with E-state index < -0.39 is 0 Å². The van der Waals surface area contributed by atoms with E-state index in [1.54, 1.807) is 0 Å². The van der Waals surface area contributed by atoms with Gasteiger partial charge in [0.1, 0.15) is 10.8 Å². The van der Waals surface area contributed by atoms with E-state index in [1.165, 1.54) is 11.5 Å². The summed E-state index contributed by atoms with van der Waals surface area (Å²) in [7, 11) is 3.96. The fourth-order valence-electron chi connectivity index (χ4n) is 2.17. The first kappa shape index (κ1) is 11.2. The molecule has 0 aliphatic heterocycles. The van der Waals surface area contributed by atoms with Crippen molar-refractivity contribution in [2.24, 2.45) is 7.05 Å². The highest BCUT2D eigenvalue weighted by Gasteiger charge is 2.17. The van der Waals surface area contributed by atoms with Crippen molar-refractivity contribution in [2.45, 2.75) is 6.92 Å². The molecule has 3 rings (SSSR count). The van der Waals surface area contributed by atoms with Crippen LogP contribution in [0.25, 0.3) is 22.4 Å². The minimum absolute atomic E-state index is 0.965. The summed E-state index contributed by atoms with van der Waals surface area (Å²) in [5, 5.41) is 4.25. The van der Waals surface area contributed by atoms with Crippen LogP contribution in [0.2, 0.25) is 0 Å². The van der Waals surface area contributed by atoms with Gasteiger partial charge in [-0.15, -0.1) is 0 Å². The third kappa shape index (κ3) is 1.51. The molecule has 0 amide bonds. The molecule has 2 aromatic heterocycles. The van der Waals surface area contributed by atoms with Crippen molar-refractivity contribution in [2.75, 3.05) is 12.4 Å². The number of para-hydroxylation sites is 2. The number of rotatable bonds is 2. The van der Waals surface area contributed by atoms with Crippen LogP contribution in [0, 0.1) is 6.92 Å². The van der Waals surface area contributed by atoms with Crippen LogP contribution in [0.15, 0.2) is 24.3 Å². The van der Waals surface area contributed by atoms with Gasteiger partial charge in [-0.2, -0.15) is 4.37 Å². The van der Waals surface area contributed by atoms with E-state index in [-0.39, 0.29) is 0 Å². The van der Waals surface area contributed by atoms with E-state index in [2.05, 4.69) is 20.3 Å². The van der Waals surface area contributed by atoms with Crippen LogP contribution in [0.4, 0.5) is 5.00 Å². The fourth-order valence-corrected chi connectivity index (χ4v) is 2.91. The van der Waals surface area contributed by atoms with Gasteiger partial charge in [-0.05, 0) is 30.6 Å². The van der Waals surface area contributed by atoms with E-state index in [4.69, 9.17) is 4.98 Å². The lowest BCUT2D eigenvalue weighted by Gasteiger charge is -2.04. The molecule has 0 unspecified atom stereocenters. The van der Waals surface area contributed by atoms with Crippen LogP contribution in [0.3, 0.4) is 0 Å². The van der Waals surface area contributed by atoms with E-state index in [0.717, 1.165) is 33.1 Å². The van der Waals surface area contributed by atoms with Gasteiger partial charge in [0, 0.05) is 14.1 Å². The van der Waals surface area contributed by atoms with Gasteiger partial charge in [0.25, 0.3) is 0 Å². The number of benzene rings is 1. The lowest BCUT2D eigenvalue weighted by Crippen LogP contribution is -1.96. The second kappa shape index (κ2) is 4.10. The van der Waals surface area contributed by atoms with Gasteiger partial charge in [0.15, 0.2) is 0 Å². The molecular weight excluding hydrogens is 244 g/mol. The Labute approximate surface area is 109 Å². The predicted molar refractivity (Wildman–Crippen MR) is 76.1 cm³/mol. The summed E-state index contributed by atoms with van der Waals surface area (Å²) < 4.78 is 6.52. The first-order valence-electron chi connectivity index (χ1n) is 5.78. The zero-order valence-corrected chi connectivity index (χ0v) is 11.4. The smallest absolute Gasteiger partial charge is 0.145 e. The Morgan fingerprint density at radius 2 is 2.06 bits per heavy atom. The summed E-state index contributed by atoms with van der Waals surface area (Å²) in [4.78, 5) is 4.71. The maximum atomic E-state index is 4.71. The first-order valence-corrected chi connectivity index (χ1v) is 6.55. The second-order valence-corrected chi connectivity index (χ2v) is 4.98. The van der Waals surface area contributed by atoms with Gasteiger partial charge in [-0.25, -0.2) is 4.98 Å². The van der Waals surface area contributed by atoms with Gasteiger partial charge >= 0.3 is 0 Å². The SMILES string of the molecule is CNc1snc(C)c1-c1nc2ccccc2n1C. The molecule has 0 aliphatic rings. The molecule has 1 N–H and O–H groups in total. The van der Waals surface area contributed by atoms with Crippen LogP contribution >= 0.6 is 11.5 Å². The molecule has 1 aromatic carbocycles. The number of aryl methyl sites for hydroxylation is 2. The van der Waals surface area contributed by atoms with Gasteiger partial charge in [0.05, 0.1) is 22.3 Å². The topological polar surface area (TPSA) is 42.7 Å². The van der Waals surface area contributed by atoms with Crippen molar-refractivity contribution >= 4 is 27.6 Å². The number of nitrogens with zero attached hydrogens (tertiary/aromatic N) is 3. The normalized spacial score (nSPS) is 11.1. The quantitative estimate of drug-likeness (QED) is 0.768. The summed E-state index contributed by atoms with van der Waals surface area (Å²) in [6, 6.07) is 8.16. The molecule has 0 saturated heterocycles. The molecule has 4 nitrogen and oxygen atoms in total. The molecule has 2 heterocycles. The van der Waals surface area contributed by atoms with Crippen LogP contribution in [0.5, 0.6) is 0 Å². The van der Waals surface area contributed by atoms with Crippen molar-refractivity contribution in [3.8, 4) is 11.4 Å². The summed E-state index contributed by atoms with van der Waals surface area (Å²) in [6.07, 6.45) is 0. The molecule has 0 radical (unpaired) electrons. The number of aromatic nitrogens is 3. The second-order valence-electron chi connectivity index (χ2n) is 4.21. The van der Waals surface area contributed by atoms with E-state index >= 15 is 0 Å². The predicted octanol–water partition coefficient (Wildman–Crippen LogP) is 3.05. The largest absolute Gasteiger partial charge is 0.378 e. The van der Waals surface area contributed by atoms with E-state index in [0.29, 0.717) is 0 Å². The van der Waals surface area contributed by atoms with Crippen molar-refractivity contribution in [3.63, 3.8) is 0 Å². The van der Waals surface area contributed by atoms with Crippen molar-refractivity contribution < 1.29 is 0 Å². The lowest BCUT2D eigenvalue weighted by molar-refractivity contribution is 0.957. The highest BCUT2D eigenvalue weighted by Crippen LogP contribution is 2.34. The monoisotopic (exact) mass is 258 g/mol. The van der Waals surface area contributed by atoms with Crippen molar-refractivity contribution in [1.29, 1.82) is 0 Å². The number of anilines is 1. The van der Waals surface area contributed by atoms with Crippen LogP contribution in [-0.2, 0) is 7.05 Å². The highest BCUT2D eigenvalue weighted by atomic mass is 32.1. The Morgan fingerprint density at radius 1 is 1.28 bits per heavy atom. The van der Waals surface area contributed by atoms with E-state index in [9.17, 15) is 0 Å². The molecule has 0 fully saturated rings. The molecule has 0 atom stereocenters. The molecule has 92 valence electrons. The number of nitrogens with one attached hydrogen (secondary N) is 1. The zero-order chi connectivity index (χ0) is 12.7. The minimum Gasteiger partial charge on any atom is -0.378 e. The highest BCUT2D eigenvalue weighted by molar-refractivity contribution is 7.10. The maximum absolute atomic E-state index is 4.71. The molecule has 3 aromatic rings. The Hall–Kier alpha value is -1.88. The summed E-state index contributed by atoms with van der Waals surface area (Å²) in [5.74, 6) is 0.965. The molecule has 0 bridgehead atoms. The number of fused-ring (bicyclic) bond motifs is 1. The van der Waals surface area contributed by atoms with Crippen molar-refractivity contribution in [3.05, 3.63) is 30.0 Å². The van der Waals surface area contributed by atoms with Gasteiger partial charge in [-0.1, -0.05) is 12.1 Å². The molecular formula is C13H14N4S. The molecule has 18 heavy (non-hydrogen) atoms. The van der Waals surface area contributed by atoms with Gasteiger partial charge < -0.3 is 9.88 Å². The molecule has 0 spiro atoms. The summed E-state index contributed by atoms with van der Waals surface area (Å²) in [6.45, 7) is 2.02. The molecule has 0 aliphatic carbocycles. The Balaban J connectivity index is 2.31. The van der Waals surface area contributed by atoms with Crippen molar-refractivity contribution in [1.82, 2.24) is 13.9 Å². The third-order valence-electron chi connectivity index (χ3n) is 3.10. The zero-order valence-electron chi connectivity index (χ0n) is 10.6. The Kier molecular flexibility index (Phi) is 2.56. The number of hydrogen-bond acceptors (Lipinski definition) is 4. The number of hydrogen-bond donors (Lipinski definition) is 1. The maximum Gasteiger partial charge on any atom is 0.145 e. The molecule has 5 heteroatoms. The van der Waals surface area contributed by atoms with Gasteiger partial charge in [0.2, 0.25) is 0 Å². The Morgan fingerprint density at radius 3 is 2.78 bits per heavy atom. The third-order valence-corrected chi connectivity index (χ3v) is 4.06. The van der Waals surface area contributed by atoms with Crippen LogP contribution < -0.4 is 5.32 Å². The summed E-state index contributed by atoms with van der Waals surface area (Å²) in [5.41, 5.74) is 4.27. The van der Waals surface area contributed by atoms with Gasteiger partial charge in [-0.3, -0.25) is 0 Å². The first-order chi connectivity index (χ1) is 8.72.